The smallest absolute Gasteiger partial charge is 0.240 e. The number of nitrogens with one attached hydrogen (secondary N) is 1. The Balaban J connectivity index is 1.91. The number of nitrogens with zero attached hydrogens (tertiary/aromatic N) is 3. The van der Waals surface area contributed by atoms with Gasteiger partial charge in [0.05, 0.1) is 12.5 Å². The third-order valence-electron chi connectivity index (χ3n) is 4.75. The molecule has 2 rings (SSSR count). The van der Waals surface area contributed by atoms with E-state index in [0.29, 0.717) is 24.3 Å². The van der Waals surface area contributed by atoms with Gasteiger partial charge in [0, 0.05) is 26.2 Å². The van der Waals surface area contributed by atoms with Crippen molar-refractivity contribution in [3.05, 3.63) is 11.7 Å². The molecule has 0 saturated carbocycles. The average Bonchev–Trinajstić information content (AvgIpc) is 3.04. The first-order valence-electron chi connectivity index (χ1n) is 8.92. The molecule has 7 nitrogen and oxygen atoms in total. The van der Waals surface area contributed by atoms with Crippen LogP contribution in [0, 0.1) is 5.92 Å². The van der Waals surface area contributed by atoms with E-state index in [9.17, 15) is 4.79 Å². The van der Waals surface area contributed by atoms with Gasteiger partial charge in [0.1, 0.15) is 6.10 Å². The van der Waals surface area contributed by atoms with Gasteiger partial charge in [-0.2, -0.15) is 4.98 Å². The summed E-state index contributed by atoms with van der Waals surface area (Å²) in [5.74, 6) is 1.34. The molecule has 136 valence electrons. The van der Waals surface area contributed by atoms with Crippen molar-refractivity contribution in [1.29, 1.82) is 0 Å². The Morgan fingerprint density at radius 2 is 2.29 bits per heavy atom. The number of aromatic nitrogens is 2. The van der Waals surface area contributed by atoms with Crippen LogP contribution in [0.2, 0.25) is 0 Å². The number of carbonyl (C=O) groups excluding carboxylic acids is 1. The quantitative estimate of drug-likeness (QED) is 0.733. The van der Waals surface area contributed by atoms with Gasteiger partial charge in [-0.15, -0.1) is 0 Å². The van der Waals surface area contributed by atoms with Crippen LogP contribution in [0.15, 0.2) is 4.52 Å². The second-order valence-electron chi connectivity index (χ2n) is 6.62. The van der Waals surface area contributed by atoms with Crippen molar-refractivity contribution in [3.8, 4) is 0 Å². The van der Waals surface area contributed by atoms with Crippen molar-refractivity contribution >= 4 is 5.91 Å². The lowest BCUT2D eigenvalue weighted by atomic mass is 9.92. The number of hydrogen-bond donors (Lipinski definition) is 1. The molecule has 0 unspecified atom stereocenters. The predicted molar refractivity (Wildman–Crippen MR) is 90.2 cm³/mol. The van der Waals surface area contributed by atoms with Crippen LogP contribution in [0.1, 0.15) is 64.3 Å². The SMILES string of the molecule is CCCCNC(=O)[C@@H]1CC[C@H](C)N(Cc2nc([C@@H](C)OC)no2)C1. The lowest BCUT2D eigenvalue weighted by Crippen LogP contribution is -2.46. The number of rotatable bonds is 8. The van der Waals surface area contributed by atoms with Crippen LogP contribution >= 0.6 is 0 Å². The fourth-order valence-electron chi connectivity index (χ4n) is 2.92. The van der Waals surface area contributed by atoms with Gasteiger partial charge in [0.15, 0.2) is 5.82 Å². The van der Waals surface area contributed by atoms with Crippen molar-refractivity contribution in [2.45, 2.75) is 65.1 Å². The molecule has 1 fully saturated rings. The Kier molecular flexibility index (Phi) is 7.17. The molecule has 7 heteroatoms. The third kappa shape index (κ3) is 5.01. The normalized spacial score (nSPS) is 23.2. The van der Waals surface area contributed by atoms with Gasteiger partial charge in [-0.3, -0.25) is 9.69 Å². The summed E-state index contributed by atoms with van der Waals surface area (Å²) in [6, 6.07) is 0.403. The van der Waals surface area contributed by atoms with E-state index in [1.54, 1.807) is 7.11 Å². The molecule has 1 N–H and O–H groups in total. The van der Waals surface area contributed by atoms with Gasteiger partial charge in [-0.05, 0) is 33.1 Å². The zero-order valence-corrected chi connectivity index (χ0v) is 15.2. The fourth-order valence-corrected chi connectivity index (χ4v) is 2.92. The summed E-state index contributed by atoms with van der Waals surface area (Å²) in [6.45, 7) is 8.26. The Hall–Kier alpha value is -1.47. The van der Waals surface area contributed by atoms with Crippen LogP contribution in [-0.4, -0.2) is 47.2 Å². The molecule has 1 amide bonds. The van der Waals surface area contributed by atoms with Crippen molar-refractivity contribution < 1.29 is 14.1 Å². The van der Waals surface area contributed by atoms with Crippen molar-refractivity contribution in [2.75, 3.05) is 20.2 Å². The van der Waals surface area contributed by atoms with E-state index >= 15 is 0 Å². The minimum atomic E-state index is -0.182. The average molecular weight is 338 g/mol. The molecule has 0 aromatic carbocycles. The Labute approximate surface area is 144 Å². The molecule has 0 spiro atoms. The molecule has 1 aliphatic rings. The first-order valence-corrected chi connectivity index (χ1v) is 8.92. The molecule has 0 bridgehead atoms. The molecule has 3 atom stereocenters. The maximum absolute atomic E-state index is 12.3. The highest BCUT2D eigenvalue weighted by atomic mass is 16.5. The summed E-state index contributed by atoms with van der Waals surface area (Å²) in [6.07, 6.45) is 3.87. The lowest BCUT2D eigenvalue weighted by molar-refractivity contribution is -0.127. The van der Waals surface area contributed by atoms with Crippen LogP contribution in [0.4, 0.5) is 0 Å². The number of carbonyl (C=O) groups is 1. The molecular weight excluding hydrogens is 308 g/mol. The van der Waals surface area contributed by atoms with Gasteiger partial charge in [-0.25, -0.2) is 0 Å². The van der Waals surface area contributed by atoms with Gasteiger partial charge in [0.2, 0.25) is 11.8 Å². The van der Waals surface area contributed by atoms with Crippen LogP contribution in [0.5, 0.6) is 0 Å². The number of methoxy groups -OCH3 is 1. The highest BCUT2D eigenvalue weighted by Crippen LogP contribution is 2.24. The van der Waals surface area contributed by atoms with Crippen LogP contribution < -0.4 is 5.32 Å². The number of hydrogen-bond acceptors (Lipinski definition) is 6. The van der Waals surface area contributed by atoms with E-state index in [2.05, 4.69) is 34.2 Å². The van der Waals surface area contributed by atoms with Crippen LogP contribution in [0.25, 0.3) is 0 Å². The number of unbranched alkanes of at least 4 members (excludes halogenated alkanes) is 1. The third-order valence-corrected chi connectivity index (χ3v) is 4.75. The van der Waals surface area contributed by atoms with Crippen molar-refractivity contribution in [3.63, 3.8) is 0 Å². The second kappa shape index (κ2) is 9.13. The molecule has 24 heavy (non-hydrogen) atoms. The topological polar surface area (TPSA) is 80.5 Å². The molecule has 1 saturated heterocycles. The van der Waals surface area contributed by atoms with E-state index in [1.165, 1.54) is 0 Å². The van der Waals surface area contributed by atoms with E-state index in [1.807, 2.05) is 6.92 Å². The molecule has 1 aromatic rings. The minimum absolute atomic E-state index is 0.0401. The summed E-state index contributed by atoms with van der Waals surface area (Å²) in [5.41, 5.74) is 0. The van der Waals surface area contributed by atoms with Gasteiger partial charge in [0.25, 0.3) is 0 Å². The van der Waals surface area contributed by atoms with Gasteiger partial charge < -0.3 is 14.6 Å². The predicted octanol–water partition coefficient (Wildman–Crippen LogP) is 2.29. The van der Waals surface area contributed by atoms with Crippen molar-refractivity contribution in [2.24, 2.45) is 5.92 Å². The molecule has 0 radical (unpaired) electrons. The zero-order valence-electron chi connectivity index (χ0n) is 15.2. The van der Waals surface area contributed by atoms with E-state index < -0.39 is 0 Å². The Morgan fingerprint density at radius 3 is 3.00 bits per heavy atom. The summed E-state index contributed by atoms with van der Waals surface area (Å²) in [4.78, 5) is 19.0. The summed E-state index contributed by atoms with van der Waals surface area (Å²) >= 11 is 0. The number of amides is 1. The highest BCUT2D eigenvalue weighted by Gasteiger charge is 2.30. The monoisotopic (exact) mass is 338 g/mol. The molecule has 1 aliphatic heterocycles. The molecule has 0 aliphatic carbocycles. The Bertz CT molecular complexity index is 520. The lowest BCUT2D eigenvalue weighted by Gasteiger charge is -2.36. The van der Waals surface area contributed by atoms with Gasteiger partial charge in [-0.1, -0.05) is 18.5 Å². The second-order valence-corrected chi connectivity index (χ2v) is 6.62. The summed E-state index contributed by atoms with van der Waals surface area (Å²) in [7, 11) is 1.62. The number of likely N-dealkylation sites (tertiary alicyclic amines) is 1. The van der Waals surface area contributed by atoms with E-state index in [0.717, 1.165) is 38.8 Å². The highest BCUT2D eigenvalue weighted by molar-refractivity contribution is 5.78. The first-order chi connectivity index (χ1) is 11.5. The standard InChI is InChI=1S/C17H30N4O3/c1-5-6-9-18-17(22)14-8-7-12(2)21(10-14)11-15-19-16(20-24-15)13(3)23-4/h12-14H,5-11H2,1-4H3,(H,18,22)/t12-,13+,14+/m0/s1. The van der Waals surface area contributed by atoms with Crippen LogP contribution in [0.3, 0.4) is 0 Å². The fraction of sp³-hybridized carbons (Fsp3) is 0.824. The molecule has 2 heterocycles. The number of piperidine rings is 1. The Morgan fingerprint density at radius 1 is 1.50 bits per heavy atom. The number of ether oxygens (including phenoxy) is 1. The summed E-state index contributed by atoms with van der Waals surface area (Å²) in [5, 5.41) is 7.01. The van der Waals surface area contributed by atoms with E-state index in [4.69, 9.17) is 9.26 Å². The van der Waals surface area contributed by atoms with Crippen molar-refractivity contribution in [1.82, 2.24) is 20.4 Å². The van der Waals surface area contributed by atoms with Crippen LogP contribution in [-0.2, 0) is 16.1 Å². The largest absolute Gasteiger partial charge is 0.374 e. The van der Waals surface area contributed by atoms with Gasteiger partial charge >= 0.3 is 0 Å². The molecule has 1 aromatic heterocycles. The maximum atomic E-state index is 12.3. The molecular formula is C17H30N4O3. The zero-order chi connectivity index (χ0) is 17.5. The van der Waals surface area contributed by atoms with E-state index in [-0.39, 0.29) is 17.9 Å². The minimum Gasteiger partial charge on any atom is -0.374 e. The maximum Gasteiger partial charge on any atom is 0.240 e. The summed E-state index contributed by atoms with van der Waals surface area (Å²) < 4.78 is 10.5. The first kappa shape index (κ1) is 18.9.